The highest BCUT2D eigenvalue weighted by Gasteiger charge is 2.58. The monoisotopic (exact) mass is 1110 g/mol. The second-order valence-electron chi connectivity index (χ2n) is 19.8. The first-order chi connectivity index (χ1) is 39.1. The van der Waals surface area contributed by atoms with E-state index in [2.05, 4.69) is 0 Å². The molecule has 0 aromatic heterocycles. The Morgan fingerprint density at radius 1 is 0.383 bits per heavy atom. The third-order valence-electron chi connectivity index (χ3n) is 14.0. The van der Waals surface area contributed by atoms with Crippen molar-refractivity contribution in [1.29, 1.82) is 0 Å². The van der Waals surface area contributed by atoms with Crippen LogP contribution in [0.25, 0.3) is 0 Å². The number of carbonyl (C=O) groups excluding carboxylic acids is 6. The van der Waals surface area contributed by atoms with Crippen LogP contribution in [0.15, 0.2) is 182 Å². The van der Waals surface area contributed by atoms with E-state index in [0.29, 0.717) is 0 Å². The van der Waals surface area contributed by atoms with Gasteiger partial charge >= 0.3 is 35.8 Å². The van der Waals surface area contributed by atoms with Gasteiger partial charge < -0.3 is 70.3 Å². The Bertz CT molecular complexity index is 3080. The van der Waals surface area contributed by atoms with E-state index in [9.17, 15) is 28.8 Å². The second kappa shape index (κ2) is 26.4. The van der Waals surface area contributed by atoms with Gasteiger partial charge in [0, 0.05) is 18.1 Å². The predicted molar refractivity (Wildman–Crippen MR) is 289 cm³/mol. The summed E-state index contributed by atoms with van der Waals surface area (Å²) in [5.74, 6) is -4.99. The van der Waals surface area contributed by atoms with Crippen LogP contribution in [-0.4, -0.2) is 134 Å². The van der Waals surface area contributed by atoms with Gasteiger partial charge in [0.05, 0.1) is 39.4 Å². The van der Waals surface area contributed by atoms with Crippen LogP contribution in [0.1, 0.15) is 82.4 Å². The zero-order valence-electron chi connectivity index (χ0n) is 44.1. The first-order valence-corrected chi connectivity index (χ1v) is 26.4. The Labute approximate surface area is 466 Å². The smallest absolute Gasteiger partial charge is 0.338 e. The van der Waals surface area contributed by atoms with Crippen molar-refractivity contribution < 1.29 is 76.1 Å². The van der Waals surface area contributed by atoms with Gasteiger partial charge in [-0.2, -0.15) is 0 Å². The lowest BCUT2D eigenvalue weighted by atomic mass is 9.84. The molecule has 81 heavy (non-hydrogen) atoms. The average Bonchev–Trinajstić information content (AvgIpc) is 4.05. The summed E-state index contributed by atoms with van der Waals surface area (Å²) in [5, 5.41) is 0. The summed E-state index contributed by atoms with van der Waals surface area (Å²) in [7, 11) is 0. The number of benzene rings is 6. The molecular formula is C61H62N4O16. The van der Waals surface area contributed by atoms with Crippen molar-refractivity contribution >= 4 is 35.8 Å². The van der Waals surface area contributed by atoms with Crippen molar-refractivity contribution in [3.8, 4) is 0 Å². The zero-order chi connectivity index (χ0) is 57.2. The number of ether oxygens (including phenoxy) is 10. The third kappa shape index (κ3) is 13.7. The lowest BCUT2D eigenvalue weighted by Gasteiger charge is -2.49. The van der Waals surface area contributed by atoms with E-state index >= 15 is 0 Å². The summed E-state index contributed by atoms with van der Waals surface area (Å²) in [6, 6.07) is 43.5. The van der Waals surface area contributed by atoms with Gasteiger partial charge in [-0.1, -0.05) is 109 Å². The van der Waals surface area contributed by atoms with Crippen molar-refractivity contribution in [2.24, 2.45) is 22.9 Å². The average molecular weight is 1110 g/mol. The summed E-state index contributed by atoms with van der Waals surface area (Å²) in [6.07, 6.45) is -18.3. The maximum Gasteiger partial charge on any atom is 0.338 e. The SMILES string of the molecule is C[C@H](N)[C@H]1O[C@@H](OC2C(OC(=O)c3ccccc3)[C@H](N)CC(N)[C@H]2O[C@H]2OC([C@@H](C)OC(=O)c3ccccc3)[C@@H](OC(=O)c3ccccc3)C(OC(=O)c3ccccc3)C2N)C(OC(=O)c2ccccc2)C1OC(=O)c1ccccc1. The second-order valence-corrected chi connectivity index (χ2v) is 19.8. The fourth-order valence-corrected chi connectivity index (χ4v) is 9.87. The number of nitrogens with two attached hydrogens (primary N) is 4. The Balaban J connectivity index is 1.12. The van der Waals surface area contributed by atoms with Gasteiger partial charge in [0.2, 0.25) is 0 Å². The Kier molecular flexibility index (Phi) is 18.7. The van der Waals surface area contributed by atoms with Gasteiger partial charge in [-0.25, -0.2) is 28.8 Å². The molecule has 8 unspecified atom stereocenters. The number of hydrogen-bond acceptors (Lipinski definition) is 20. The molecule has 6 aromatic carbocycles. The molecule has 6 aromatic rings. The van der Waals surface area contributed by atoms with E-state index in [-0.39, 0.29) is 39.8 Å². The molecule has 0 radical (unpaired) electrons. The van der Waals surface area contributed by atoms with Crippen LogP contribution in [0.5, 0.6) is 0 Å². The third-order valence-corrected chi connectivity index (χ3v) is 14.0. The van der Waals surface area contributed by atoms with E-state index in [4.69, 9.17) is 70.3 Å². The molecule has 16 atom stereocenters. The molecule has 0 bridgehead atoms. The molecule has 2 heterocycles. The fraction of sp³-hybridized carbons (Fsp3) is 0.311. The molecule has 1 aliphatic carbocycles. The van der Waals surface area contributed by atoms with Crippen molar-refractivity contribution in [3.63, 3.8) is 0 Å². The van der Waals surface area contributed by atoms with Gasteiger partial charge in [0.15, 0.2) is 37.0 Å². The molecule has 3 fully saturated rings. The van der Waals surface area contributed by atoms with Crippen molar-refractivity contribution in [1.82, 2.24) is 0 Å². The van der Waals surface area contributed by atoms with Gasteiger partial charge in [0.25, 0.3) is 0 Å². The Hall–Kier alpha value is -8.18. The fourth-order valence-electron chi connectivity index (χ4n) is 9.87. The maximum absolute atomic E-state index is 14.2. The van der Waals surface area contributed by atoms with Crippen molar-refractivity contribution in [2.75, 3.05) is 0 Å². The van der Waals surface area contributed by atoms with E-state index in [1.54, 1.807) is 128 Å². The molecule has 2 aliphatic heterocycles. The number of hydrogen-bond donors (Lipinski definition) is 4. The number of esters is 6. The van der Waals surface area contributed by atoms with Crippen molar-refractivity contribution in [3.05, 3.63) is 215 Å². The van der Waals surface area contributed by atoms with Crippen LogP contribution < -0.4 is 22.9 Å². The molecular weight excluding hydrogens is 1040 g/mol. The van der Waals surface area contributed by atoms with Gasteiger partial charge in [-0.3, -0.25) is 0 Å². The highest BCUT2D eigenvalue weighted by atomic mass is 16.8. The molecule has 0 spiro atoms. The summed E-state index contributed by atoms with van der Waals surface area (Å²) >= 11 is 0. The van der Waals surface area contributed by atoms with Gasteiger partial charge in [0.1, 0.15) is 36.6 Å². The van der Waals surface area contributed by atoms with Crippen LogP contribution in [0.2, 0.25) is 0 Å². The largest absolute Gasteiger partial charge is 0.456 e. The summed E-state index contributed by atoms with van der Waals surface area (Å²) < 4.78 is 63.9. The first kappa shape index (κ1) is 57.5. The lowest BCUT2D eigenvalue weighted by Crippen LogP contribution is -2.70. The van der Waals surface area contributed by atoms with Gasteiger partial charge in [-0.05, 0) is 93.1 Å². The quantitative estimate of drug-likeness (QED) is 0.0626. The Morgan fingerprint density at radius 2 is 0.691 bits per heavy atom. The summed E-state index contributed by atoms with van der Waals surface area (Å²) in [5.41, 5.74) is 28.5. The molecule has 1 saturated carbocycles. The highest BCUT2D eigenvalue weighted by Crippen LogP contribution is 2.38. The standard InChI is InChI=1S/C61H62N4O16/c1-34(62)45-50(75-57(69)39-27-15-6-16-28-39)53(77-59(71)41-31-19-8-20-32-41)61(78-45)81-52-47(73-55(67)37-23-11-4-12-24-37)42(63)33-43(64)48(52)80-60-44(65)49(74-56(68)38-25-13-5-14-26-38)51(76-58(70)40-29-17-7-18-30-40)46(79-60)35(2)72-54(66)36-21-9-3-10-22-36/h3-32,34-35,42-53,60-61H,33,62-65H2,1-2H3/t34-,35+,42+,43?,44?,45+,46?,47?,48+,49?,50?,51+,52?,53?,60+,61-/m0/s1. The minimum Gasteiger partial charge on any atom is -0.456 e. The summed E-state index contributed by atoms with van der Waals surface area (Å²) in [4.78, 5) is 84.1. The van der Waals surface area contributed by atoms with Crippen LogP contribution in [0, 0.1) is 0 Å². The van der Waals surface area contributed by atoms with E-state index in [1.807, 2.05) is 0 Å². The minimum atomic E-state index is -1.72. The summed E-state index contributed by atoms with van der Waals surface area (Å²) in [6.45, 7) is 3.08. The molecule has 0 amide bonds. The van der Waals surface area contributed by atoms with E-state index in [1.165, 1.54) is 67.6 Å². The van der Waals surface area contributed by atoms with Crippen LogP contribution in [0.4, 0.5) is 0 Å². The molecule has 20 heteroatoms. The van der Waals surface area contributed by atoms with Crippen molar-refractivity contribution in [2.45, 2.75) is 118 Å². The minimum absolute atomic E-state index is 0.0881. The molecule has 8 N–H and O–H groups in total. The van der Waals surface area contributed by atoms with Crippen LogP contribution in [0.3, 0.4) is 0 Å². The molecule has 20 nitrogen and oxygen atoms in total. The molecule has 3 aliphatic rings. The first-order valence-electron chi connectivity index (χ1n) is 26.4. The lowest BCUT2D eigenvalue weighted by molar-refractivity contribution is -0.314. The highest BCUT2D eigenvalue weighted by molar-refractivity contribution is 5.92. The molecule has 422 valence electrons. The van der Waals surface area contributed by atoms with E-state index < -0.39 is 134 Å². The topological polar surface area (TPSA) is 299 Å². The van der Waals surface area contributed by atoms with Crippen LogP contribution in [-0.2, 0) is 47.4 Å². The zero-order valence-corrected chi connectivity index (χ0v) is 44.1. The number of carbonyl (C=O) groups is 6. The predicted octanol–water partition coefficient (Wildman–Crippen LogP) is 5.31. The Morgan fingerprint density at radius 3 is 1.09 bits per heavy atom. The van der Waals surface area contributed by atoms with Gasteiger partial charge in [-0.15, -0.1) is 0 Å². The molecule has 2 saturated heterocycles. The van der Waals surface area contributed by atoms with E-state index in [0.717, 1.165) is 0 Å². The maximum atomic E-state index is 14.2. The number of rotatable bonds is 18. The molecule has 9 rings (SSSR count). The normalized spacial score (nSPS) is 27.8. The van der Waals surface area contributed by atoms with Crippen LogP contribution >= 0.6 is 0 Å².